The van der Waals surface area contributed by atoms with Gasteiger partial charge in [-0.1, -0.05) is 32.0 Å². The number of aliphatic hydroxyl groups excluding tert-OH is 1. The summed E-state index contributed by atoms with van der Waals surface area (Å²) in [5.41, 5.74) is 1.40. The maximum Gasteiger partial charge on any atom is 0.128 e. The number of hydrogen-bond acceptors (Lipinski definition) is 4. The van der Waals surface area contributed by atoms with Crippen LogP contribution in [-0.4, -0.2) is 40.2 Å². The minimum absolute atomic E-state index is 0.181. The van der Waals surface area contributed by atoms with Crippen molar-refractivity contribution in [3.8, 4) is 5.75 Å². The van der Waals surface area contributed by atoms with Crippen LogP contribution >= 0.6 is 11.6 Å². The van der Waals surface area contributed by atoms with E-state index >= 15 is 0 Å². The Bertz CT molecular complexity index is 641. The van der Waals surface area contributed by atoms with E-state index in [4.69, 9.17) is 16.3 Å². The lowest BCUT2D eigenvalue weighted by Gasteiger charge is -2.17. The Morgan fingerprint density at radius 3 is 2.91 bits per heavy atom. The molecule has 0 amide bonds. The first kappa shape index (κ1) is 17.5. The monoisotopic (exact) mass is 335 g/mol. The molecule has 0 saturated carbocycles. The minimum Gasteiger partial charge on any atom is -0.490 e. The number of hydrogen-bond donors (Lipinski definition) is 2. The molecule has 0 fully saturated rings. The van der Waals surface area contributed by atoms with Crippen molar-refractivity contribution in [1.29, 1.82) is 0 Å². The predicted octanol–water partition coefficient (Wildman–Crippen LogP) is 2.79. The molecule has 2 N–H and O–H groups in total. The van der Waals surface area contributed by atoms with E-state index in [9.17, 15) is 5.11 Å². The molecule has 124 valence electrons. The number of benzene rings is 1. The highest BCUT2D eigenvalue weighted by atomic mass is 35.5. The van der Waals surface area contributed by atoms with Crippen LogP contribution in [-0.2, 0) is 0 Å². The quantitative estimate of drug-likeness (QED) is 0.779. The van der Waals surface area contributed by atoms with Crippen LogP contribution in [0.2, 0.25) is 5.02 Å². The molecule has 5 nitrogen and oxygen atoms in total. The van der Waals surface area contributed by atoms with Crippen molar-refractivity contribution in [3.63, 3.8) is 0 Å². The zero-order valence-corrected chi connectivity index (χ0v) is 14.1. The lowest BCUT2D eigenvalue weighted by atomic mass is 10.1. The molecule has 0 aliphatic heterocycles. The van der Waals surface area contributed by atoms with Crippen molar-refractivity contribution < 1.29 is 9.84 Å². The Kier molecular flexibility index (Phi) is 6.21. The van der Waals surface area contributed by atoms with E-state index in [0.717, 1.165) is 5.56 Å². The second-order valence-electron chi connectivity index (χ2n) is 5.57. The van der Waals surface area contributed by atoms with Gasteiger partial charge in [-0.3, -0.25) is 0 Å². The van der Waals surface area contributed by atoms with Gasteiger partial charge in [0.05, 0.1) is 5.70 Å². The molecule has 0 aliphatic rings. The first-order chi connectivity index (χ1) is 11.0. The Hall–Kier alpha value is -1.82. The third-order valence-electron chi connectivity index (χ3n) is 3.23. The van der Waals surface area contributed by atoms with Crippen molar-refractivity contribution >= 4 is 17.3 Å². The average Bonchev–Trinajstić information content (AvgIpc) is 3.05. The van der Waals surface area contributed by atoms with Gasteiger partial charge in [-0.05, 0) is 24.3 Å². The lowest BCUT2D eigenvalue weighted by molar-refractivity contribution is 0.104. The minimum atomic E-state index is -0.598. The Labute approximate surface area is 141 Å². The van der Waals surface area contributed by atoms with Gasteiger partial charge in [0.25, 0.3) is 0 Å². The van der Waals surface area contributed by atoms with Crippen LogP contribution in [0.5, 0.6) is 5.75 Å². The van der Waals surface area contributed by atoms with Crippen molar-refractivity contribution in [2.24, 2.45) is 0 Å². The summed E-state index contributed by atoms with van der Waals surface area (Å²) in [6, 6.07) is 7.43. The van der Waals surface area contributed by atoms with Crippen LogP contribution in [0.1, 0.15) is 19.4 Å². The number of halogens is 1. The molecule has 2 aromatic rings. The first-order valence-corrected chi connectivity index (χ1v) is 7.88. The summed E-state index contributed by atoms with van der Waals surface area (Å²) in [6.07, 6.45) is 2.88. The summed E-state index contributed by atoms with van der Waals surface area (Å²) < 4.78 is 7.40. The smallest absolute Gasteiger partial charge is 0.128 e. The van der Waals surface area contributed by atoms with E-state index in [0.29, 0.717) is 29.1 Å². The molecule has 1 aromatic heterocycles. The Morgan fingerprint density at radius 2 is 2.26 bits per heavy atom. The van der Waals surface area contributed by atoms with E-state index in [1.807, 2.05) is 19.9 Å². The molecule has 0 radical (unpaired) electrons. The molecular formula is C17H22ClN3O2. The fourth-order valence-electron chi connectivity index (χ4n) is 2.02. The fourth-order valence-corrected chi connectivity index (χ4v) is 2.19. The van der Waals surface area contributed by atoms with Gasteiger partial charge in [-0.25, -0.2) is 4.68 Å². The van der Waals surface area contributed by atoms with Gasteiger partial charge in [0.15, 0.2) is 0 Å². The van der Waals surface area contributed by atoms with Gasteiger partial charge in [0, 0.05) is 35.6 Å². The summed E-state index contributed by atoms with van der Waals surface area (Å²) in [6.45, 7) is 8.75. The van der Waals surface area contributed by atoms with Gasteiger partial charge in [0.2, 0.25) is 0 Å². The van der Waals surface area contributed by atoms with Gasteiger partial charge in [-0.15, -0.1) is 0 Å². The second-order valence-corrected chi connectivity index (χ2v) is 6.00. The lowest BCUT2D eigenvalue weighted by Crippen LogP contribution is -2.35. The molecule has 1 atom stereocenters. The fraction of sp³-hybridized carbons (Fsp3) is 0.353. The molecule has 2 rings (SSSR count). The highest BCUT2D eigenvalue weighted by Crippen LogP contribution is 2.29. The molecule has 0 spiro atoms. The first-order valence-electron chi connectivity index (χ1n) is 7.50. The maximum absolute atomic E-state index is 9.97. The highest BCUT2D eigenvalue weighted by Gasteiger charge is 2.13. The van der Waals surface area contributed by atoms with Crippen LogP contribution in [0.4, 0.5) is 0 Å². The van der Waals surface area contributed by atoms with Gasteiger partial charge in [0.1, 0.15) is 18.5 Å². The molecule has 6 heteroatoms. The van der Waals surface area contributed by atoms with Crippen LogP contribution in [0.25, 0.3) is 5.70 Å². The summed E-state index contributed by atoms with van der Waals surface area (Å²) in [7, 11) is 0. The number of nitrogens with zero attached hydrogens (tertiary/aromatic N) is 2. The number of nitrogens with one attached hydrogen (secondary N) is 1. The summed E-state index contributed by atoms with van der Waals surface area (Å²) in [4.78, 5) is 0. The van der Waals surface area contributed by atoms with E-state index < -0.39 is 6.10 Å². The summed E-state index contributed by atoms with van der Waals surface area (Å²) in [5.74, 6) is 0.610. The number of ether oxygens (including phenoxy) is 1. The van der Waals surface area contributed by atoms with Crippen LogP contribution in [0.3, 0.4) is 0 Å². The molecule has 1 unspecified atom stereocenters. The normalized spacial score (nSPS) is 12.4. The Balaban J connectivity index is 2.08. The van der Waals surface area contributed by atoms with Crippen molar-refractivity contribution in [1.82, 2.24) is 15.1 Å². The predicted molar refractivity (Wildman–Crippen MR) is 92.8 cm³/mol. The van der Waals surface area contributed by atoms with Gasteiger partial charge in [-0.2, -0.15) is 5.10 Å². The zero-order valence-electron chi connectivity index (χ0n) is 13.4. The van der Waals surface area contributed by atoms with Crippen LogP contribution < -0.4 is 10.1 Å². The molecule has 1 aromatic carbocycles. The standard InChI is InChI=1S/C17H22ClN3O2/c1-12(2)19-10-15(22)11-23-17-6-5-14(18)9-16(17)13(3)21-8-4-7-20-21/h4-9,12,15,19,22H,3,10-11H2,1-2H3. The summed E-state index contributed by atoms with van der Waals surface area (Å²) in [5, 5.41) is 17.9. The zero-order chi connectivity index (χ0) is 16.8. The van der Waals surface area contributed by atoms with Crippen LogP contribution in [0.15, 0.2) is 43.2 Å². The van der Waals surface area contributed by atoms with Gasteiger partial charge >= 0.3 is 0 Å². The largest absolute Gasteiger partial charge is 0.490 e. The molecular weight excluding hydrogens is 314 g/mol. The molecule has 1 heterocycles. The average molecular weight is 336 g/mol. The Morgan fingerprint density at radius 1 is 1.48 bits per heavy atom. The molecule has 23 heavy (non-hydrogen) atoms. The molecule has 0 bridgehead atoms. The highest BCUT2D eigenvalue weighted by molar-refractivity contribution is 6.30. The summed E-state index contributed by atoms with van der Waals surface area (Å²) >= 11 is 6.08. The third-order valence-corrected chi connectivity index (χ3v) is 3.46. The SMILES string of the molecule is C=C(c1cc(Cl)ccc1OCC(O)CNC(C)C)n1cccn1. The van der Waals surface area contributed by atoms with Crippen molar-refractivity contribution in [3.05, 3.63) is 53.8 Å². The van der Waals surface area contributed by atoms with Gasteiger partial charge < -0.3 is 15.2 Å². The molecule has 0 saturated heterocycles. The van der Waals surface area contributed by atoms with E-state index in [1.165, 1.54) is 0 Å². The van der Waals surface area contributed by atoms with Crippen LogP contribution in [0, 0.1) is 0 Å². The number of aromatic nitrogens is 2. The number of rotatable bonds is 8. The topological polar surface area (TPSA) is 59.3 Å². The second kappa shape index (κ2) is 8.15. The molecule has 0 aliphatic carbocycles. The number of aliphatic hydroxyl groups is 1. The van der Waals surface area contributed by atoms with Crippen molar-refractivity contribution in [2.75, 3.05) is 13.2 Å². The van der Waals surface area contributed by atoms with E-state index in [-0.39, 0.29) is 6.61 Å². The third kappa shape index (κ3) is 5.10. The van der Waals surface area contributed by atoms with E-state index in [1.54, 1.807) is 35.3 Å². The maximum atomic E-state index is 9.97. The van der Waals surface area contributed by atoms with Crippen molar-refractivity contribution in [2.45, 2.75) is 26.0 Å². The van der Waals surface area contributed by atoms with E-state index in [2.05, 4.69) is 17.0 Å².